The second-order valence-corrected chi connectivity index (χ2v) is 6.17. The first-order valence-corrected chi connectivity index (χ1v) is 8.10. The lowest BCUT2D eigenvalue weighted by molar-refractivity contribution is -0.130. The number of carbonyl (C=O) groups is 1. The molecule has 0 aliphatic carbocycles. The Labute approximate surface area is 129 Å². The van der Waals surface area contributed by atoms with Gasteiger partial charge in [0.15, 0.2) is 5.96 Å². The van der Waals surface area contributed by atoms with Gasteiger partial charge in [0.2, 0.25) is 5.91 Å². The summed E-state index contributed by atoms with van der Waals surface area (Å²) in [6.45, 7) is 7.61. The lowest BCUT2D eigenvalue weighted by Gasteiger charge is -2.36. The van der Waals surface area contributed by atoms with E-state index in [1.807, 2.05) is 11.1 Å². The number of hydrogen-bond donors (Lipinski definition) is 1. The van der Waals surface area contributed by atoms with Crippen molar-refractivity contribution in [1.29, 1.82) is 0 Å². The average molecular weight is 309 g/mol. The number of piperazine rings is 1. The molecule has 0 aromatic carbocycles. The molecule has 1 N–H and O–H groups in total. The molecule has 1 aromatic rings. The van der Waals surface area contributed by atoms with Crippen LogP contribution in [0, 0.1) is 0 Å². The Morgan fingerprint density at radius 3 is 2.57 bits per heavy atom. The molecule has 1 aliphatic rings. The van der Waals surface area contributed by atoms with Crippen LogP contribution in [0.4, 0.5) is 0 Å². The zero-order valence-corrected chi connectivity index (χ0v) is 13.7. The molecule has 2 heterocycles. The van der Waals surface area contributed by atoms with Crippen LogP contribution < -0.4 is 5.32 Å². The van der Waals surface area contributed by atoms with Crippen molar-refractivity contribution in [3.05, 3.63) is 16.1 Å². The second kappa shape index (κ2) is 7.40. The number of nitrogens with zero attached hydrogens (tertiary/aromatic N) is 4. The van der Waals surface area contributed by atoms with Crippen LogP contribution in [0.5, 0.6) is 0 Å². The van der Waals surface area contributed by atoms with Gasteiger partial charge in [0.1, 0.15) is 5.01 Å². The molecule has 0 bridgehead atoms. The second-order valence-electron chi connectivity index (χ2n) is 4.97. The van der Waals surface area contributed by atoms with Crippen molar-refractivity contribution in [3.8, 4) is 0 Å². The summed E-state index contributed by atoms with van der Waals surface area (Å²) in [5.74, 6) is 1.03. The first-order chi connectivity index (χ1) is 10.1. The summed E-state index contributed by atoms with van der Waals surface area (Å²) < 4.78 is 0. The summed E-state index contributed by atoms with van der Waals surface area (Å²) in [4.78, 5) is 25.4. The van der Waals surface area contributed by atoms with Crippen molar-refractivity contribution >= 4 is 23.2 Å². The van der Waals surface area contributed by atoms with Crippen LogP contribution in [-0.2, 0) is 17.8 Å². The maximum absolute atomic E-state index is 11.3. The monoisotopic (exact) mass is 309 g/mol. The Balaban J connectivity index is 1.85. The van der Waals surface area contributed by atoms with Crippen LogP contribution in [0.25, 0.3) is 0 Å². The smallest absolute Gasteiger partial charge is 0.219 e. The molecule has 2 rings (SSSR count). The maximum Gasteiger partial charge on any atom is 0.219 e. The Morgan fingerprint density at radius 1 is 1.38 bits per heavy atom. The van der Waals surface area contributed by atoms with Gasteiger partial charge in [-0.3, -0.25) is 9.79 Å². The first kappa shape index (κ1) is 15.8. The maximum atomic E-state index is 11.3. The molecular formula is C14H23N5OS. The average Bonchev–Trinajstić information content (AvgIpc) is 2.96. The molecule has 6 nitrogen and oxygen atoms in total. The van der Waals surface area contributed by atoms with Gasteiger partial charge in [0.25, 0.3) is 0 Å². The van der Waals surface area contributed by atoms with E-state index in [9.17, 15) is 4.79 Å². The molecule has 7 heteroatoms. The number of carbonyl (C=O) groups excluding carboxylic acids is 1. The van der Waals surface area contributed by atoms with Gasteiger partial charge in [-0.05, 0) is 6.42 Å². The Kier molecular flexibility index (Phi) is 5.55. The van der Waals surface area contributed by atoms with E-state index in [2.05, 4.69) is 27.1 Å². The number of guanidine groups is 1. The highest BCUT2D eigenvalue weighted by Crippen LogP contribution is 2.13. The van der Waals surface area contributed by atoms with Crippen molar-refractivity contribution in [1.82, 2.24) is 20.1 Å². The summed E-state index contributed by atoms with van der Waals surface area (Å²) >= 11 is 1.74. The highest BCUT2D eigenvalue weighted by atomic mass is 32.1. The Bertz CT molecular complexity index is 505. The van der Waals surface area contributed by atoms with Gasteiger partial charge in [-0.2, -0.15) is 0 Å². The molecule has 0 atom stereocenters. The zero-order chi connectivity index (χ0) is 15.2. The summed E-state index contributed by atoms with van der Waals surface area (Å²) in [5, 5.41) is 4.44. The van der Waals surface area contributed by atoms with Crippen molar-refractivity contribution in [2.75, 3.05) is 33.2 Å². The predicted molar refractivity (Wildman–Crippen MR) is 85.5 cm³/mol. The predicted octanol–water partition coefficient (Wildman–Crippen LogP) is 0.945. The third-order valence-corrected chi connectivity index (χ3v) is 4.73. The van der Waals surface area contributed by atoms with Crippen LogP contribution in [0.2, 0.25) is 0 Å². The molecule has 0 spiro atoms. The van der Waals surface area contributed by atoms with Crippen LogP contribution in [0.3, 0.4) is 0 Å². The molecule has 0 saturated carbocycles. The van der Waals surface area contributed by atoms with Gasteiger partial charge in [0, 0.05) is 51.2 Å². The lowest BCUT2D eigenvalue weighted by Crippen LogP contribution is -2.53. The van der Waals surface area contributed by atoms with Crippen molar-refractivity contribution in [3.63, 3.8) is 0 Å². The lowest BCUT2D eigenvalue weighted by atomic mass is 10.3. The van der Waals surface area contributed by atoms with E-state index in [4.69, 9.17) is 0 Å². The molecule has 1 aliphatic heterocycles. The fraction of sp³-hybridized carbons (Fsp3) is 0.643. The zero-order valence-electron chi connectivity index (χ0n) is 12.9. The number of rotatable bonds is 3. The number of aliphatic imine (C=N–C) groups is 1. The van der Waals surface area contributed by atoms with Crippen molar-refractivity contribution in [2.24, 2.45) is 4.99 Å². The van der Waals surface area contributed by atoms with Crippen molar-refractivity contribution < 1.29 is 4.79 Å². The van der Waals surface area contributed by atoms with E-state index >= 15 is 0 Å². The van der Waals surface area contributed by atoms with Gasteiger partial charge in [0.05, 0.1) is 6.54 Å². The molecule has 1 saturated heterocycles. The summed E-state index contributed by atoms with van der Waals surface area (Å²) in [6.07, 6.45) is 2.97. The van der Waals surface area contributed by atoms with Gasteiger partial charge in [-0.1, -0.05) is 6.92 Å². The molecule has 0 unspecified atom stereocenters. The van der Waals surface area contributed by atoms with E-state index in [1.54, 1.807) is 25.3 Å². The van der Waals surface area contributed by atoms with E-state index in [0.717, 1.165) is 43.6 Å². The summed E-state index contributed by atoms with van der Waals surface area (Å²) in [5.41, 5.74) is 0. The Hall–Kier alpha value is -1.63. The van der Waals surface area contributed by atoms with Crippen LogP contribution >= 0.6 is 11.3 Å². The molecule has 0 radical (unpaired) electrons. The van der Waals surface area contributed by atoms with Gasteiger partial charge in [-0.15, -0.1) is 11.3 Å². The third kappa shape index (κ3) is 4.17. The SMILES string of the molecule is CCc1cnc(CNC(=NC)N2CCN(C(C)=O)CC2)s1. The fourth-order valence-electron chi connectivity index (χ4n) is 2.31. The quantitative estimate of drug-likeness (QED) is 0.667. The molecule has 21 heavy (non-hydrogen) atoms. The Morgan fingerprint density at radius 2 is 2.05 bits per heavy atom. The number of hydrogen-bond acceptors (Lipinski definition) is 4. The molecule has 1 aromatic heterocycles. The van der Waals surface area contributed by atoms with E-state index in [0.29, 0.717) is 6.54 Å². The standard InChI is InChI=1S/C14H23N5OS/c1-4-12-9-16-13(21-12)10-17-14(15-3)19-7-5-18(6-8-19)11(2)20/h9H,4-8,10H2,1-3H3,(H,15,17). The summed E-state index contributed by atoms with van der Waals surface area (Å²) in [7, 11) is 1.79. The highest BCUT2D eigenvalue weighted by molar-refractivity contribution is 7.11. The number of aryl methyl sites for hydroxylation is 1. The minimum Gasteiger partial charge on any atom is -0.350 e. The van der Waals surface area contributed by atoms with Crippen LogP contribution in [0.1, 0.15) is 23.7 Å². The highest BCUT2D eigenvalue weighted by Gasteiger charge is 2.20. The summed E-state index contributed by atoms with van der Waals surface area (Å²) in [6, 6.07) is 0. The number of amides is 1. The number of thiazole rings is 1. The van der Waals surface area contributed by atoms with E-state index in [-0.39, 0.29) is 5.91 Å². The van der Waals surface area contributed by atoms with Crippen molar-refractivity contribution in [2.45, 2.75) is 26.8 Å². The van der Waals surface area contributed by atoms with E-state index < -0.39 is 0 Å². The molecule has 116 valence electrons. The molecule has 1 amide bonds. The number of aromatic nitrogens is 1. The topological polar surface area (TPSA) is 60.8 Å². The van der Waals surface area contributed by atoms with Crippen LogP contribution in [-0.4, -0.2) is 59.9 Å². The van der Waals surface area contributed by atoms with Crippen LogP contribution in [0.15, 0.2) is 11.2 Å². The normalized spacial score (nSPS) is 16.2. The number of nitrogens with one attached hydrogen (secondary N) is 1. The largest absolute Gasteiger partial charge is 0.350 e. The first-order valence-electron chi connectivity index (χ1n) is 7.28. The van der Waals surface area contributed by atoms with Gasteiger partial charge in [-0.25, -0.2) is 4.98 Å². The fourth-order valence-corrected chi connectivity index (χ4v) is 3.12. The third-order valence-electron chi connectivity index (χ3n) is 3.58. The van der Waals surface area contributed by atoms with Gasteiger partial charge >= 0.3 is 0 Å². The van der Waals surface area contributed by atoms with E-state index in [1.165, 1.54) is 4.88 Å². The van der Waals surface area contributed by atoms with Gasteiger partial charge < -0.3 is 15.1 Å². The molecule has 1 fully saturated rings. The minimum absolute atomic E-state index is 0.146. The minimum atomic E-state index is 0.146. The molecular weight excluding hydrogens is 286 g/mol.